The number of amides is 1. The zero-order valence-electron chi connectivity index (χ0n) is 15.6. The Morgan fingerprint density at radius 1 is 1.07 bits per heavy atom. The Bertz CT molecular complexity index is 814. The third-order valence-electron chi connectivity index (χ3n) is 5.07. The second-order valence-corrected chi connectivity index (χ2v) is 6.78. The SMILES string of the molecule is Cc1ccccc1NC(=O)[C@@H](C)N1CCN(c2ccc([N+](=O)[O-])cc2)CC1. The average molecular weight is 368 g/mol. The number of nitro benzene ring substituents is 1. The molecule has 1 heterocycles. The lowest BCUT2D eigenvalue weighted by molar-refractivity contribution is -0.384. The summed E-state index contributed by atoms with van der Waals surface area (Å²) in [4.78, 5) is 27.3. The number of hydrogen-bond donors (Lipinski definition) is 1. The maximum Gasteiger partial charge on any atom is 0.269 e. The highest BCUT2D eigenvalue weighted by atomic mass is 16.6. The van der Waals surface area contributed by atoms with Crippen LogP contribution in [0.5, 0.6) is 0 Å². The van der Waals surface area contributed by atoms with E-state index in [-0.39, 0.29) is 17.6 Å². The third-order valence-corrected chi connectivity index (χ3v) is 5.07. The van der Waals surface area contributed by atoms with Gasteiger partial charge >= 0.3 is 0 Å². The van der Waals surface area contributed by atoms with E-state index in [2.05, 4.69) is 15.1 Å². The number of rotatable bonds is 5. The first-order chi connectivity index (χ1) is 13.0. The summed E-state index contributed by atoms with van der Waals surface area (Å²) in [5, 5.41) is 13.8. The number of nitrogens with one attached hydrogen (secondary N) is 1. The standard InChI is InChI=1S/C20H24N4O3/c1-15-5-3-4-6-19(15)21-20(25)16(2)22-11-13-23(14-12-22)17-7-9-18(10-8-17)24(26)27/h3-10,16H,11-14H2,1-2H3,(H,21,25)/t16-/m1/s1. The largest absolute Gasteiger partial charge is 0.369 e. The number of para-hydroxylation sites is 1. The zero-order valence-corrected chi connectivity index (χ0v) is 15.6. The molecule has 1 amide bonds. The first-order valence-corrected chi connectivity index (χ1v) is 9.05. The number of piperazine rings is 1. The normalized spacial score (nSPS) is 16.0. The van der Waals surface area contributed by atoms with Crippen LogP contribution in [0.15, 0.2) is 48.5 Å². The van der Waals surface area contributed by atoms with Gasteiger partial charge in [-0.15, -0.1) is 0 Å². The maximum absolute atomic E-state index is 12.6. The Morgan fingerprint density at radius 2 is 1.70 bits per heavy atom. The van der Waals surface area contributed by atoms with E-state index >= 15 is 0 Å². The van der Waals surface area contributed by atoms with Crippen molar-refractivity contribution in [1.82, 2.24) is 4.90 Å². The molecule has 2 aromatic rings. The smallest absolute Gasteiger partial charge is 0.269 e. The summed E-state index contributed by atoms with van der Waals surface area (Å²) in [5.74, 6) is -0.00640. The molecule has 1 aliphatic rings. The Kier molecular flexibility index (Phi) is 5.71. The van der Waals surface area contributed by atoms with Crippen molar-refractivity contribution in [1.29, 1.82) is 0 Å². The van der Waals surface area contributed by atoms with Crippen LogP contribution >= 0.6 is 0 Å². The maximum atomic E-state index is 12.6. The van der Waals surface area contributed by atoms with Gasteiger partial charge in [0.1, 0.15) is 0 Å². The molecule has 0 unspecified atom stereocenters. The van der Waals surface area contributed by atoms with Crippen LogP contribution in [0.2, 0.25) is 0 Å². The molecular weight excluding hydrogens is 344 g/mol. The molecule has 2 aromatic carbocycles. The molecular formula is C20H24N4O3. The number of carbonyl (C=O) groups excluding carboxylic acids is 1. The van der Waals surface area contributed by atoms with Crippen LogP contribution in [0.25, 0.3) is 0 Å². The minimum atomic E-state index is -0.392. The van der Waals surface area contributed by atoms with Gasteiger partial charge in [-0.2, -0.15) is 0 Å². The molecule has 0 bridgehead atoms. The van der Waals surface area contributed by atoms with Crippen LogP contribution in [0.4, 0.5) is 17.1 Å². The molecule has 7 heteroatoms. The first-order valence-electron chi connectivity index (χ1n) is 9.05. The summed E-state index contributed by atoms with van der Waals surface area (Å²) >= 11 is 0. The summed E-state index contributed by atoms with van der Waals surface area (Å²) in [6.45, 7) is 6.98. The quantitative estimate of drug-likeness (QED) is 0.648. The van der Waals surface area contributed by atoms with E-state index in [0.29, 0.717) is 0 Å². The number of nitro groups is 1. The molecule has 1 fully saturated rings. The second-order valence-electron chi connectivity index (χ2n) is 6.78. The molecule has 1 saturated heterocycles. The highest BCUT2D eigenvalue weighted by molar-refractivity contribution is 5.95. The van der Waals surface area contributed by atoms with Gasteiger partial charge in [0.05, 0.1) is 11.0 Å². The van der Waals surface area contributed by atoms with Gasteiger partial charge in [-0.25, -0.2) is 0 Å². The minimum absolute atomic E-state index is 0.00640. The van der Waals surface area contributed by atoms with Crippen LogP contribution in [0.3, 0.4) is 0 Å². The van der Waals surface area contributed by atoms with Crippen molar-refractivity contribution in [2.75, 3.05) is 36.4 Å². The predicted molar refractivity (Wildman–Crippen MR) is 106 cm³/mol. The van der Waals surface area contributed by atoms with Crippen LogP contribution < -0.4 is 10.2 Å². The summed E-state index contributed by atoms with van der Waals surface area (Å²) in [6.07, 6.45) is 0. The molecule has 1 atom stereocenters. The van der Waals surface area contributed by atoms with Gasteiger partial charge in [0.15, 0.2) is 0 Å². The van der Waals surface area contributed by atoms with Gasteiger partial charge in [0, 0.05) is 49.7 Å². The average Bonchev–Trinajstić information content (AvgIpc) is 2.69. The van der Waals surface area contributed by atoms with Gasteiger partial charge in [-0.1, -0.05) is 18.2 Å². The number of nitrogens with zero attached hydrogens (tertiary/aromatic N) is 3. The molecule has 7 nitrogen and oxygen atoms in total. The van der Waals surface area contributed by atoms with Gasteiger partial charge in [-0.3, -0.25) is 19.8 Å². The van der Waals surface area contributed by atoms with Crippen LogP contribution in [0, 0.1) is 17.0 Å². The van der Waals surface area contributed by atoms with Crippen molar-refractivity contribution < 1.29 is 9.72 Å². The summed E-state index contributed by atoms with van der Waals surface area (Å²) < 4.78 is 0. The number of benzene rings is 2. The van der Waals surface area contributed by atoms with Crippen LogP contribution in [-0.4, -0.2) is 48.0 Å². The number of carbonyl (C=O) groups is 1. The molecule has 0 spiro atoms. The van der Waals surface area contributed by atoms with E-state index < -0.39 is 4.92 Å². The van der Waals surface area contributed by atoms with E-state index in [1.807, 2.05) is 38.1 Å². The van der Waals surface area contributed by atoms with E-state index in [0.717, 1.165) is 43.1 Å². The molecule has 0 aromatic heterocycles. The van der Waals surface area contributed by atoms with Crippen molar-refractivity contribution in [3.8, 4) is 0 Å². The molecule has 1 aliphatic heterocycles. The van der Waals surface area contributed by atoms with Crippen molar-refractivity contribution in [3.63, 3.8) is 0 Å². The lowest BCUT2D eigenvalue weighted by Crippen LogP contribution is -2.52. The Hall–Kier alpha value is -2.93. The predicted octanol–water partition coefficient (Wildman–Crippen LogP) is 3.05. The highest BCUT2D eigenvalue weighted by Gasteiger charge is 2.26. The van der Waals surface area contributed by atoms with Gasteiger partial charge in [0.25, 0.3) is 5.69 Å². The van der Waals surface area contributed by atoms with Crippen molar-refractivity contribution in [3.05, 3.63) is 64.2 Å². The Morgan fingerprint density at radius 3 is 2.30 bits per heavy atom. The van der Waals surface area contributed by atoms with E-state index in [4.69, 9.17) is 0 Å². The third kappa shape index (κ3) is 4.43. The number of anilines is 2. The first kappa shape index (κ1) is 18.8. The Balaban J connectivity index is 1.55. The Labute approximate surface area is 158 Å². The fourth-order valence-corrected chi connectivity index (χ4v) is 3.27. The molecule has 0 aliphatic carbocycles. The fraction of sp³-hybridized carbons (Fsp3) is 0.350. The van der Waals surface area contributed by atoms with Gasteiger partial charge < -0.3 is 10.2 Å². The van der Waals surface area contributed by atoms with Crippen LogP contribution in [0.1, 0.15) is 12.5 Å². The number of aryl methyl sites for hydroxylation is 1. The second kappa shape index (κ2) is 8.18. The van der Waals surface area contributed by atoms with E-state index in [1.165, 1.54) is 12.1 Å². The zero-order chi connectivity index (χ0) is 19.4. The monoisotopic (exact) mass is 368 g/mol. The van der Waals surface area contributed by atoms with Gasteiger partial charge in [0.2, 0.25) is 5.91 Å². The van der Waals surface area contributed by atoms with E-state index in [1.54, 1.807) is 12.1 Å². The van der Waals surface area contributed by atoms with Crippen molar-refractivity contribution >= 4 is 23.0 Å². The molecule has 3 rings (SSSR count). The lowest BCUT2D eigenvalue weighted by Gasteiger charge is -2.38. The van der Waals surface area contributed by atoms with E-state index in [9.17, 15) is 14.9 Å². The van der Waals surface area contributed by atoms with Crippen molar-refractivity contribution in [2.45, 2.75) is 19.9 Å². The summed E-state index contributed by atoms with van der Waals surface area (Å²) in [6, 6.07) is 14.1. The van der Waals surface area contributed by atoms with Crippen molar-refractivity contribution in [2.24, 2.45) is 0 Å². The minimum Gasteiger partial charge on any atom is -0.369 e. The topological polar surface area (TPSA) is 78.7 Å². The highest BCUT2D eigenvalue weighted by Crippen LogP contribution is 2.21. The molecule has 0 radical (unpaired) electrons. The summed E-state index contributed by atoms with van der Waals surface area (Å²) in [7, 11) is 0. The van der Waals surface area contributed by atoms with Crippen LogP contribution in [-0.2, 0) is 4.79 Å². The summed E-state index contributed by atoms with van der Waals surface area (Å²) in [5.41, 5.74) is 2.95. The fourth-order valence-electron chi connectivity index (χ4n) is 3.27. The van der Waals surface area contributed by atoms with Gasteiger partial charge in [-0.05, 0) is 37.6 Å². The number of hydrogen-bond acceptors (Lipinski definition) is 5. The molecule has 142 valence electrons. The lowest BCUT2D eigenvalue weighted by atomic mass is 10.1. The number of non-ortho nitro benzene ring substituents is 1. The molecule has 27 heavy (non-hydrogen) atoms. The molecule has 0 saturated carbocycles. The molecule has 1 N–H and O–H groups in total.